The summed E-state index contributed by atoms with van der Waals surface area (Å²) in [4.78, 5) is 43.4. The van der Waals surface area contributed by atoms with E-state index in [-0.39, 0.29) is 36.3 Å². The van der Waals surface area contributed by atoms with Crippen molar-refractivity contribution >= 4 is 23.0 Å². The van der Waals surface area contributed by atoms with E-state index in [0.29, 0.717) is 34.1 Å². The van der Waals surface area contributed by atoms with E-state index in [4.69, 9.17) is 14.5 Å². The van der Waals surface area contributed by atoms with Crippen LogP contribution in [0.3, 0.4) is 0 Å². The Morgan fingerprint density at radius 3 is 2.89 bits per heavy atom. The van der Waals surface area contributed by atoms with Gasteiger partial charge in [-0.15, -0.1) is 0 Å². The number of amides is 1. The molecule has 2 N–H and O–H groups in total. The van der Waals surface area contributed by atoms with Crippen LogP contribution in [-0.4, -0.2) is 44.3 Å². The number of aliphatic hydroxyl groups is 1. The molecule has 10 heteroatoms. The number of nitrogens with zero attached hydrogens (tertiary/aromatic N) is 3. The largest absolute Gasteiger partial charge is 0.458 e. The molecule has 1 fully saturated rings. The number of fused-ring (bicyclic) bond motifs is 5. The Morgan fingerprint density at radius 2 is 2.11 bits per heavy atom. The van der Waals surface area contributed by atoms with Crippen LogP contribution in [0.25, 0.3) is 22.3 Å². The van der Waals surface area contributed by atoms with Crippen molar-refractivity contribution in [3.8, 4) is 17.1 Å². The number of pyridine rings is 2. The van der Waals surface area contributed by atoms with Gasteiger partial charge in [-0.05, 0) is 49.9 Å². The number of carbonyl (C=O) groups is 2. The maximum Gasteiger partial charge on any atom is 0.427 e. The normalized spacial score (nSPS) is 22.4. The molecule has 0 radical (unpaired) electrons. The van der Waals surface area contributed by atoms with E-state index in [9.17, 15) is 19.5 Å². The van der Waals surface area contributed by atoms with Gasteiger partial charge < -0.3 is 19.1 Å². The maximum absolute atomic E-state index is 13.4. The first-order chi connectivity index (χ1) is 18.3. The van der Waals surface area contributed by atoms with Crippen LogP contribution in [0, 0.1) is 0 Å². The second-order valence-corrected chi connectivity index (χ2v) is 10.2. The third-order valence-electron chi connectivity index (χ3n) is 8.05. The molecule has 38 heavy (non-hydrogen) atoms. The predicted molar refractivity (Wildman–Crippen MR) is 138 cm³/mol. The van der Waals surface area contributed by atoms with Crippen molar-refractivity contribution in [1.82, 2.24) is 20.0 Å². The van der Waals surface area contributed by atoms with Gasteiger partial charge >= 0.3 is 12.1 Å². The SMILES string of the molecule is CCC1CCCCN1NC(=O)Oc1cccc2nc3c(cc12)Cn1c-3cc2c(c1=O)COC(=O)[C@]2(O)CC. The van der Waals surface area contributed by atoms with Gasteiger partial charge in [0, 0.05) is 29.1 Å². The number of esters is 1. The van der Waals surface area contributed by atoms with E-state index in [1.807, 2.05) is 17.1 Å². The van der Waals surface area contributed by atoms with Gasteiger partial charge in [-0.3, -0.25) is 10.2 Å². The molecular formula is C28H30N4O6. The number of hydrogen-bond acceptors (Lipinski definition) is 8. The zero-order valence-corrected chi connectivity index (χ0v) is 21.5. The molecule has 5 heterocycles. The number of hydrazine groups is 1. The molecule has 0 aliphatic carbocycles. The summed E-state index contributed by atoms with van der Waals surface area (Å²) in [7, 11) is 0. The third kappa shape index (κ3) is 3.78. The minimum Gasteiger partial charge on any atom is -0.458 e. The van der Waals surface area contributed by atoms with Gasteiger partial charge in [-0.2, -0.15) is 0 Å². The molecule has 198 valence electrons. The molecule has 3 aliphatic rings. The second-order valence-electron chi connectivity index (χ2n) is 10.2. The monoisotopic (exact) mass is 518 g/mol. The topological polar surface area (TPSA) is 123 Å². The van der Waals surface area contributed by atoms with E-state index in [1.165, 1.54) is 0 Å². The summed E-state index contributed by atoms with van der Waals surface area (Å²) >= 11 is 0. The maximum atomic E-state index is 13.4. The highest BCUT2D eigenvalue weighted by Crippen LogP contribution is 2.39. The molecule has 3 aromatic rings. The molecule has 1 aromatic carbocycles. The van der Waals surface area contributed by atoms with Gasteiger partial charge in [-0.25, -0.2) is 19.6 Å². The number of carbonyl (C=O) groups excluding carboxylic acids is 2. The van der Waals surface area contributed by atoms with Crippen molar-refractivity contribution in [2.75, 3.05) is 6.54 Å². The number of cyclic esters (lactones) is 1. The first kappa shape index (κ1) is 24.6. The number of rotatable bonds is 4. The fraction of sp³-hybridized carbons (Fsp3) is 0.429. The molecule has 6 rings (SSSR count). The molecule has 1 saturated heterocycles. The van der Waals surface area contributed by atoms with Gasteiger partial charge in [0.05, 0.1) is 29.0 Å². The van der Waals surface area contributed by atoms with E-state index in [2.05, 4.69) is 12.3 Å². The molecule has 0 bridgehead atoms. The van der Waals surface area contributed by atoms with Crippen LogP contribution >= 0.6 is 0 Å². The van der Waals surface area contributed by atoms with Crippen molar-refractivity contribution in [2.45, 2.75) is 70.7 Å². The average molecular weight is 519 g/mol. The van der Waals surface area contributed by atoms with Gasteiger partial charge in [0.15, 0.2) is 5.60 Å². The highest BCUT2D eigenvalue weighted by atomic mass is 16.6. The highest BCUT2D eigenvalue weighted by molar-refractivity contribution is 5.91. The van der Waals surface area contributed by atoms with Gasteiger partial charge in [0.25, 0.3) is 5.56 Å². The van der Waals surface area contributed by atoms with Crippen LogP contribution < -0.4 is 15.7 Å². The Labute approximate surface area is 219 Å². The molecule has 2 aromatic heterocycles. The zero-order chi connectivity index (χ0) is 26.6. The van der Waals surface area contributed by atoms with Crippen LogP contribution in [0.4, 0.5) is 4.79 Å². The lowest BCUT2D eigenvalue weighted by molar-refractivity contribution is -0.172. The van der Waals surface area contributed by atoms with E-state index < -0.39 is 17.7 Å². The van der Waals surface area contributed by atoms with Crippen molar-refractivity contribution in [3.05, 3.63) is 57.4 Å². The zero-order valence-electron chi connectivity index (χ0n) is 21.5. The van der Waals surface area contributed by atoms with Crippen LogP contribution in [0.5, 0.6) is 5.75 Å². The first-order valence-electron chi connectivity index (χ1n) is 13.2. The molecular weight excluding hydrogens is 488 g/mol. The number of aromatic nitrogens is 2. The minimum atomic E-state index is -1.87. The Bertz CT molecular complexity index is 1530. The van der Waals surface area contributed by atoms with Crippen LogP contribution in [0.2, 0.25) is 0 Å². The lowest BCUT2D eigenvalue weighted by atomic mass is 9.86. The van der Waals surface area contributed by atoms with Crippen LogP contribution in [-0.2, 0) is 28.3 Å². The van der Waals surface area contributed by atoms with E-state index in [1.54, 1.807) is 29.7 Å². The average Bonchev–Trinajstić information content (AvgIpc) is 3.28. The van der Waals surface area contributed by atoms with Gasteiger partial charge in [-0.1, -0.05) is 26.3 Å². The molecule has 0 spiro atoms. The smallest absolute Gasteiger partial charge is 0.427 e. The van der Waals surface area contributed by atoms with Crippen molar-refractivity contribution in [1.29, 1.82) is 0 Å². The summed E-state index contributed by atoms with van der Waals surface area (Å²) in [5.74, 6) is -0.376. The third-order valence-corrected chi connectivity index (χ3v) is 8.05. The summed E-state index contributed by atoms with van der Waals surface area (Å²) in [5, 5.41) is 13.7. The number of hydrogen-bond donors (Lipinski definition) is 2. The Kier molecular flexibility index (Phi) is 5.96. The molecule has 2 atom stereocenters. The minimum absolute atomic E-state index is 0.0823. The van der Waals surface area contributed by atoms with E-state index in [0.717, 1.165) is 37.8 Å². The summed E-state index contributed by atoms with van der Waals surface area (Å²) in [6, 6.07) is 9.16. The summed E-state index contributed by atoms with van der Waals surface area (Å²) in [5.41, 5.74) is 3.77. The Balaban J connectivity index is 1.35. The molecule has 1 amide bonds. The number of ether oxygens (including phenoxy) is 2. The lowest BCUT2D eigenvalue weighted by Crippen LogP contribution is -2.51. The van der Waals surface area contributed by atoms with Gasteiger partial charge in [0.2, 0.25) is 0 Å². The van der Waals surface area contributed by atoms with Gasteiger partial charge in [0.1, 0.15) is 12.4 Å². The first-order valence-corrected chi connectivity index (χ1v) is 13.2. The predicted octanol–water partition coefficient (Wildman–Crippen LogP) is 3.35. The summed E-state index contributed by atoms with van der Waals surface area (Å²) < 4.78 is 12.5. The second kappa shape index (κ2) is 9.21. The summed E-state index contributed by atoms with van der Waals surface area (Å²) in [6.07, 6.45) is 3.71. The Hall–Kier alpha value is -3.76. The standard InChI is InChI=1S/C28H30N4O6/c1-3-17-8-5-6-11-32(17)30-27(35)38-23-10-7-9-21-18(23)12-16-14-31-22(24(16)29-21)13-20-19(25(31)33)15-37-26(34)28(20,36)4-2/h7,9-10,12-13,17,36H,3-6,8,11,14-15H2,1-2H3,(H,30,35)/t17?,28-/m0/s1. The Morgan fingerprint density at radius 1 is 1.26 bits per heavy atom. The molecule has 0 saturated carbocycles. The number of nitrogens with one attached hydrogen (secondary N) is 1. The fourth-order valence-corrected chi connectivity index (χ4v) is 5.88. The number of benzene rings is 1. The molecule has 1 unspecified atom stereocenters. The van der Waals surface area contributed by atoms with Crippen LogP contribution in [0.15, 0.2) is 35.1 Å². The summed E-state index contributed by atoms with van der Waals surface area (Å²) in [6.45, 7) is 4.67. The van der Waals surface area contributed by atoms with Crippen molar-refractivity contribution in [3.63, 3.8) is 0 Å². The van der Waals surface area contributed by atoms with Crippen molar-refractivity contribution in [2.24, 2.45) is 0 Å². The fourth-order valence-electron chi connectivity index (χ4n) is 5.88. The quantitative estimate of drug-likeness (QED) is 0.395. The number of piperidine rings is 1. The lowest BCUT2D eigenvalue weighted by Gasteiger charge is -2.34. The van der Waals surface area contributed by atoms with E-state index >= 15 is 0 Å². The molecule has 10 nitrogen and oxygen atoms in total. The van der Waals surface area contributed by atoms with Crippen LogP contribution in [0.1, 0.15) is 62.6 Å². The molecule has 3 aliphatic heterocycles. The van der Waals surface area contributed by atoms with Crippen molar-refractivity contribution < 1.29 is 24.2 Å². The highest BCUT2D eigenvalue weighted by Gasteiger charge is 2.45.